The maximum Gasteiger partial charge on any atom is 0.412 e. The number of hydrogen-bond donors (Lipinski definition) is 3. The van der Waals surface area contributed by atoms with Crippen molar-refractivity contribution in [1.82, 2.24) is 10.2 Å². The van der Waals surface area contributed by atoms with Crippen LogP contribution in [0.2, 0.25) is 0 Å². The fourth-order valence-corrected chi connectivity index (χ4v) is 4.26. The van der Waals surface area contributed by atoms with Gasteiger partial charge in [-0.25, -0.2) is 4.79 Å². The van der Waals surface area contributed by atoms with Gasteiger partial charge in [-0.1, -0.05) is 62.4 Å². The number of para-hydroxylation sites is 1. The predicted octanol–water partition coefficient (Wildman–Crippen LogP) is 3.82. The summed E-state index contributed by atoms with van der Waals surface area (Å²) in [5, 5.41) is 21.1. The molecule has 1 fully saturated rings. The molecule has 1 saturated heterocycles. The Morgan fingerprint density at radius 1 is 1.00 bits per heavy atom. The number of nitrogens with zero attached hydrogens (tertiary/aromatic N) is 2. The van der Waals surface area contributed by atoms with E-state index in [1.165, 1.54) is 0 Å². The number of rotatable bonds is 12. The molecule has 9 heteroatoms. The maximum atomic E-state index is 13.3. The smallest absolute Gasteiger partial charge is 0.412 e. The van der Waals surface area contributed by atoms with Crippen molar-refractivity contribution in [2.45, 2.75) is 51.4 Å². The molecule has 1 aliphatic rings. The van der Waals surface area contributed by atoms with Crippen molar-refractivity contribution in [3.8, 4) is 0 Å². The largest absolute Gasteiger partial charge is 0.660 e. The van der Waals surface area contributed by atoms with Crippen LogP contribution >= 0.6 is 0 Å². The van der Waals surface area contributed by atoms with Crippen molar-refractivity contribution < 1.29 is 63.5 Å². The second-order valence-corrected chi connectivity index (χ2v) is 9.57. The van der Waals surface area contributed by atoms with Crippen molar-refractivity contribution in [3.63, 3.8) is 0 Å². The molecule has 8 nitrogen and oxygen atoms in total. The Labute approximate surface area is 256 Å². The summed E-state index contributed by atoms with van der Waals surface area (Å²) in [7, 11) is 0. The van der Waals surface area contributed by atoms with E-state index in [9.17, 15) is 14.7 Å². The zero-order valence-corrected chi connectivity index (χ0v) is 26.6. The molecule has 3 unspecified atom stereocenters. The van der Waals surface area contributed by atoms with Crippen molar-refractivity contribution in [1.29, 1.82) is 0 Å². The van der Waals surface area contributed by atoms with E-state index >= 15 is 0 Å². The van der Waals surface area contributed by atoms with Crippen molar-refractivity contribution in [2.75, 3.05) is 38.0 Å². The summed E-state index contributed by atoms with van der Waals surface area (Å²) in [5.74, 6) is -0.641. The SMILES string of the molecule is CC(C)C(OC(=O)Nc1ccccc1)C(=O)NC(CCc1ccccc1)C(O)CCN1CC[N-]CC1.[Ac]. The number of ether oxygens (including phenoxy) is 1. The van der Waals surface area contributed by atoms with Crippen LogP contribution < -0.4 is 10.6 Å². The molecule has 3 N–H and O–H groups in total. The number of benzene rings is 2. The van der Waals surface area contributed by atoms with E-state index in [-0.39, 0.29) is 50.0 Å². The second kappa shape index (κ2) is 17.2. The summed E-state index contributed by atoms with van der Waals surface area (Å²) >= 11 is 0. The third-order valence-corrected chi connectivity index (χ3v) is 6.39. The maximum absolute atomic E-state index is 13.3. The number of amides is 2. The van der Waals surface area contributed by atoms with E-state index in [2.05, 4.69) is 20.9 Å². The topological polar surface area (TPSA) is 105 Å². The van der Waals surface area contributed by atoms with Gasteiger partial charge < -0.3 is 25.4 Å². The van der Waals surface area contributed by atoms with Gasteiger partial charge in [-0.05, 0) is 56.0 Å². The Balaban J connectivity index is 0.00000481. The number of carbonyl (C=O) groups excluding carboxylic acids is 2. The van der Waals surface area contributed by atoms with Crippen LogP contribution in [-0.2, 0) is 16.0 Å². The van der Waals surface area contributed by atoms with Gasteiger partial charge in [0.2, 0.25) is 0 Å². The molecular formula is C28H39AcN4O4-. The van der Waals surface area contributed by atoms with Gasteiger partial charge in [0.15, 0.2) is 6.10 Å². The van der Waals surface area contributed by atoms with Crippen molar-refractivity contribution in [3.05, 3.63) is 71.5 Å². The van der Waals surface area contributed by atoms with E-state index < -0.39 is 30.3 Å². The summed E-state index contributed by atoms with van der Waals surface area (Å²) in [6.07, 6.45) is -0.555. The Morgan fingerprint density at radius 3 is 2.24 bits per heavy atom. The molecule has 37 heavy (non-hydrogen) atoms. The van der Waals surface area contributed by atoms with Gasteiger partial charge in [0.05, 0.1) is 12.1 Å². The minimum atomic E-state index is -0.983. The van der Waals surface area contributed by atoms with Gasteiger partial charge in [0.25, 0.3) is 5.91 Å². The molecule has 0 saturated carbocycles. The Bertz CT molecular complexity index is 926. The minimum absolute atomic E-state index is 0. The summed E-state index contributed by atoms with van der Waals surface area (Å²) < 4.78 is 5.51. The molecule has 1 radical (unpaired) electrons. The molecule has 2 aromatic carbocycles. The number of nitrogens with one attached hydrogen (secondary N) is 2. The van der Waals surface area contributed by atoms with E-state index in [1.54, 1.807) is 24.3 Å². The first kappa shape index (κ1) is 31.7. The normalized spacial score (nSPS) is 16.2. The van der Waals surface area contributed by atoms with Gasteiger partial charge in [0.1, 0.15) is 0 Å². The minimum Gasteiger partial charge on any atom is -0.660 e. The summed E-state index contributed by atoms with van der Waals surface area (Å²) in [4.78, 5) is 28.0. The number of piperazine rings is 1. The number of hydrogen-bond acceptors (Lipinski definition) is 5. The van der Waals surface area contributed by atoms with Crippen molar-refractivity contribution >= 4 is 17.7 Å². The summed E-state index contributed by atoms with van der Waals surface area (Å²) in [5.41, 5.74) is 1.73. The number of anilines is 1. The second-order valence-electron chi connectivity index (χ2n) is 9.57. The zero-order valence-electron chi connectivity index (χ0n) is 21.9. The summed E-state index contributed by atoms with van der Waals surface area (Å²) in [6, 6.07) is 18.5. The fourth-order valence-electron chi connectivity index (χ4n) is 4.26. The number of aliphatic hydroxyl groups excluding tert-OH is 1. The standard InChI is InChI=1S/C28H39N4O4.Ac/c1-21(2)26(36-28(35)30-23-11-7-4-8-12-23)27(34)31-24(14-13-22-9-5-3-6-10-22)25(33)15-18-32-19-16-29-17-20-32;/h3-12,21,24-26,33H,13-20H2,1-2H3,(H,30,35)(H,31,34);/q-1;. The molecule has 0 bridgehead atoms. The average Bonchev–Trinajstić information content (AvgIpc) is 2.89. The number of aliphatic hydroxyl groups is 1. The number of carbonyl (C=O) groups is 2. The van der Waals surface area contributed by atoms with E-state index in [1.807, 2.05) is 50.2 Å². The Hall–Kier alpha value is -1.50. The Kier molecular flexibility index (Phi) is 14.7. The molecule has 0 spiro atoms. The van der Waals surface area contributed by atoms with Gasteiger partial charge in [0, 0.05) is 56.3 Å². The molecule has 2 amide bonds. The quantitative estimate of drug-likeness (QED) is 0.309. The molecule has 0 aromatic heterocycles. The molecule has 3 atom stereocenters. The van der Waals surface area contributed by atoms with Gasteiger partial charge in [-0.15, -0.1) is 13.1 Å². The first-order valence-electron chi connectivity index (χ1n) is 12.8. The van der Waals surface area contributed by atoms with E-state index in [0.29, 0.717) is 24.9 Å². The van der Waals surface area contributed by atoms with E-state index in [4.69, 9.17) is 4.74 Å². The number of aryl methyl sites for hydroxylation is 1. The monoisotopic (exact) mass is 722 g/mol. The van der Waals surface area contributed by atoms with Crippen LogP contribution in [0.15, 0.2) is 60.7 Å². The first-order valence-corrected chi connectivity index (χ1v) is 12.8. The van der Waals surface area contributed by atoms with E-state index in [0.717, 1.165) is 38.3 Å². The third-order valence-electron chi connectivity index (χ3n) is 6.39. The first-order chi connectivity index (χ1) is 17.4. The van der Waals surface area contributed by atoms with Gasteiger partial charge in [-0.2, -0.15) is 0 Å². The fraction of sp³-hybridized carbons (Fsp3) is 0.500. The average molecular weight is 723 g/mol. The zero-order chi connectivity index (χ0) is 25.8. The van der Waals surface area contributed by atoms with Crippen LogP contribution in [0.1, 0.15) is 32.3 Å². The molecule has 0 aliphatic carbocycles. The molecule has 3 rings (SSSR count). The van der Waals surface area contributed by atoms with Crippen LogP contribution in [-0.4, -0.2) is 73.0 Å². The molecule has 199 valence electrons. The van der Waals surface area contributed by atoms with Gasteiger partial charge in [-0.3, -0.25) is 10.1 Å². The van der Waals surface area contributed by atoms with Crippen LogP contribution in [0.4, 0.5) is 10.5 Å². The molecule has 2 aromatic rings. The van der Waals surface area contributed by atoms with Crippen LogP contribution in [0.5, 0.6) is 0 Å². The Morgan fingerprint density at radius 2 is 1.62 bits per heavy atom. The molecule has 1 aliphatic heterocycles. The van der Waals surface area contributed by atoms with Gasteiger partial charge >= 0.3 is 6.09 Å². The predicted molar refractivity (Wildman–Crippen MR) is 142 cm³/mol. The molecular weight excluding hydrogens is 683 g/mol. The van der Waals surface area contributed by atoms with Crippen LogP contribution in [0.3, 0.4) is 0 Å². The van der Waals surface area contributed by atoms with Crippen molar-refractivity contribution in [2.24, 2.45) is 5.92 Å². The summed E-state index contributed by atoms with van der Waals surface area (Å²) in [6.45, 7) is 7.85. The third kappa shape index (κ3) is 11.4. The van der Waals surface area contributed by atoms with Crippen LogP contribution in [0, 0.1) is 50.0 Å². The molecule has 1 heterocycles. The van der Waals surface area contributed by atoms with Crippen LogP contribution in [0.25, 0.3) is 5.32 Å².